The van der Waals surface area contributed by atoms with Gasteiger partial charge in [0.25, 0.3) is 0 Å². The van der Waals surface area contributed by atoms with E-state index in [9.17, 15) is 0 Å². The van der Waals surface area contributed by atoms with Crippen LogP contribution in [0.25, 0.3) is 0 Å². The molecule has 3 nitrogen and oxygen atoms in total. The summed E-state index contributed by atoms with van der Waals surface area (Å²) < 4.78 is 0. The summed E-state index contributed by atoms with van der Waals surface area (Å²) in [5, 5.41) is 3.78. The molecule has 1 heterocycles. The minimum atomic E-state index is -0.889. The first kappa shape index (κ1) is 16.5. The minimum absolute atomic E-state index is 0.476. The molecule has 1 saturated heterocycles. The van der Waals surface area contributed by atoms with Crippen LogP contribution in [0.15, 0.2) is 18.2 Å². The van der Waals surface area contributed by atoms with Crippen LogP contribution in [-0.4, -0.2) is 33.2 Å². The second-order valence-corrected chi connectivity index (χ2v) is 14.9. The smallest absolute Gasteiger partial charge is 0.0508 e. The summed E-state index contributed by atoms with van der Waals surface area (Å²) in [6, 6.07) is 11.0. The third-order valence-electron chi connectivity index (χ3n) is 6.80. The second kappa shape index (κ2) is 5.77. The van der Waals surface area contributed by atoms with Crippen molar-refractivity contribution in [3.05, 3.63) is 23.8 Å². The fourth-order valence-electron chi connectivity index (χ4n) is 5.07. The zero-order valence-electron chi connectivity index (χ0n) is 15.6. The number of rotatable bonds is 3. The highest BCUT2D eigenvalue weighted by Crippen LogP contribution is 2.56. The molecule has 1 aromatic rings. The molecule has 24 heavy (non-hydrogen) atoms. The summed E-state index contributed by atoms with van der Waals surface area (Å²) in [4.78, 5) is 2.59. The number of nitrogens with zero attached hydrogens (tertiary/aromatic N) is 1. The van der Waals surface area contributed by atoms with Crippen LogP contribution in [0.5, 0.6) is 0 Å². The number of benzene rings is 1. The second-order valence-electron chi connectivity index (χ2n) is 9.57. The van der Waals surface area contributed by atoms with Gasteiger partial charge in [-0.3, -0.25) is 0 Å². The van der Waals surface area contributed by atoms with Gasteiger partial charge in [0.15, 0.2) is 0 Å². The number of anilines is 2. The molecule has 0 amide bonds. The highest BCUT2D eigenvalue weighted by molar-refractivity contribution is 6.77. The highest BCUT2D eigenvalue weighted by atomic mass is 28.3. The molecule has 132 valence electrons. The third-order valence-corrected chi connectivity index (χ3v) is 9.96. The van der Waals surface area contributed by atoms with Crippen LogP contribution in [0, 0.1) is 12.3 Å². The average molecular weight is 344 g/mol. The van der Waals surface area contributed by atoms with E-state index in [1.165, 1.54) is 67.8 Å². The molecule has 0 bridgehead atoms. The molecule has 0 aromatic heterocycles. The molecule has 3 N–H and O–H groups in total. The summed E-state index contributed by atoms with van der Waals surface area (Å²) in [6.07, 6.45) is 5.12. The number of nitrogens with two attached hydrogens (primary N) is 1. The van der Waals surface area contributed by atoms with Gasteiger partial charge in [0.1, 0.15) is 0 Å². The Morgan fingerprint density at radius 1 is 1.12 bits per heavy atom. The first-order chi connectivity index (χ1) is 11.3. The molecule has 3 fully saturated rings. The molecule has 0 radical (unpaired) electrons. The van der Waals surface area contributed by atoms with Crippen LogP contribution in [0.2, 0.25) is 25.2 Å². The lowest BCUT2D eigenvalue weighted by atomic mass is 9.52. The Bertz CT molecular complexity index is 603. The van der Waals surface area contributed by atoms with Crippen molar-refractivity contribution < 1.29 is 0 Å². The predicted octanol–water partition coefficient (Wildman–Crippen LogP) is 4.21. The van der Waals surface area contributed by atoms with Gasteiger partial charge in [0.2, 0.25) is 0 Å². The van der Waals surface area contributed by atoms with Crippen molar-refractivity contribution in [3.63, 3.8) is 0 Å². The summed E-state index contributed by atoms with van der Waals surface area (Å²) in [7, 11) is -0.889. The largest absolute Gasteiger partial charge is 0.382 e. The van der Waals surface area contributed by atoms with E-state index in [-0.39, 0.29) is 0 Å². The van der Waals surface area contributed by atoms with Gasteiger partial charge in [0.05, 0.1) is 8.07 Å². The van der Waals surface area contributed by atoms with E-state index in [1.54, 1.807) is 0 Å². The monoisotopic (exact) mass is 343 g/mol. The van der Waals surface area contributed by atoms with Crippen LogP contribution < -0.4 is 16.0 Å². The summed E-state index contributed by atoms with van der Waals surface area (Å²) in [5.74, 6) is 0. The van der Waals surface area contributed by atoms with E-state index in [2.05, 4.69) is 48.4 Å². The lowest BCUT2D eigenvalue weighted by molar-refractivity contribution is 0.00119. The molecule has 3 aliphatic rings. The predicted molar refractivity (Wildman–Crippen MR) is 107 cm³/mol. The Hall–Kier alpha value is -1.00. The fourth-order valence-corrected chi connectivity index (χ4v) is 7.07. The van der Waals surface area contributed by atoms with Crippen molar-refractivity contribution in [1.29, 1.82) is 0 Å². The van der Waals surface area contributed by atoms with E-state index in [0.29, 0.717) is 17.5 Å². The van der Waals surface area contributed by atoms with Gasteiger partial charge < -0.3 is 16.0 Å². The maximum absolute atomic E-state index is 5.97. The number of nitrogens with one attached hydrogen (secondary N) is 1. The van der Waals surface area contributed by atoms with Gasteiger partial charge in [-0.25, -0.2) is 0 Å². The van der Waals surface area contributed by atoms with Crippen molar-refractivity contribution in [2.24, 2.45) is 11.1 Å². The van der Waals surface area contributed by atoms with Gasteiger partial charge in [-0.15, -0.1) is 0 Å². The zero-order valence-corrected chi connectivity index (χ0v) is 16.6. The molecule has 2 aliphatic carbocycles. The highest BCUT2D eigenvalue weighted by Gasteiger charge is 2.51. The number of hydrogen-bond donors (Lipinski definition) is 2. The van der Waals surface area contributed by atoms with Crippen molar-refractivity contribution in [3.8, 4) is 0 Å². The topological polar surface area (TPSA) is 41.3 Å². The Labute approximate surface area is 148 Å². The SMILES string of the molecule is Cc1cc(N2CC[Si](C)(C)CC2)ccc1NC1CC2(CC(N)C2)C1. The Balaban J connectivity index is 1.35. The summed E-state index contributed by atoms with van der Waals surface area (Å²) in [5.41, 5.74) is 10.7. The fraction of sp³-hybridized carbons (Fsp3) is 0.700. The Kier molecular flexibility index (Phi) is 3.96. The zero-order chi connectivity index (χ0) is 16.9. The third kappa shape index (κ3) is 3.11. The quantitative estimate of drug-likeness (QED) is 0.808. The van der Waals surface area contributed by atoms with Crippen LogP contribution in [0.1, 0.15) is 31.2 Å². The first-order valence-corrected chi connectivity index (χ1v) is 13.1. The molecule has 2 saturated carbocycles. The molecule has 4 heteroatoms. The van der Waals surface area contributed by atoms with Crippen molar-refractivity contribution >= 4 is 19.4 Å². The standard InChI is InChI=1S/C20H33N3Si/c1-15-10-18(23-6-8-24(2,3)9-7-23)4-5-19(15)22-17-13-20(14-17)11-16(21)12-20/h4-5,10,16-17,22H,6-9,11-14,21H2,1-3H3. The van der Waals surface area contributed by atoms with Crippen molar-refractivity contribution in [2.75, 3.05) is 23.3 Å². The molecule has 0 unspecified atom stereocenters. The van der Waals surface area contributed by atoms with Gasteiger partial charge >= 0.3 is 0 Å². The van der Waals surface area contributed by atoms with Crippen LogP contribution in [0.4, 0.5) is 11.4 Å². The van der Waals surface area contributed by atoms with Crippen LogP contribution >= 0.6 is 0 Å². The molecule has 1 spiro atoms. The maximum Gasteiger partial charge on any atom is 0.0508 e. The average Bonchev–Trinajstić information content (AvgIpc) is 2.45. The maximum atomic E-state index is 5.97. The molecule has 0 atom stereocenters. The minimum Gasteiger partial charge on any atom is -0.382 e. The molecule has 4 rings (SSSR count). The number of aryl methyl sites for hydroxylation is 1. The van der Waals surface area contributed by atoms with Gasteiger partial charge in [-0.1, -0.05) is 13.1 Å². The van der Waals surface area contributed by atoms with E-state index < -0.39 is 8.07 Å². The first-order valence-electron chi connectivity index (χ1n) is 9.72. The normalized spacial score (nSPS) is 34.6. The summed E-state index contributed by atoms with van der Waals surface area (Å²) >= 11 is 0. The van der Waals surface area contributed by atoms with E-state index in [4.69, 9.17) is 5.73 Å². The Morgan fingerprint density at radius 3 is 2.38 bits per heavy atom. The van der Waals surface area contributed by atoms with Gasteiger partial charge in [-0.2, -0.15) is 0 Å². The van der Waals surface area contributed by atoms with E-state index in [0.717, 1.165) is 0 Å². The molecular formula is C20H33N3Si. The lowest BCUT2D eigenvalue weighted by Crippen LogP contribution is -2.57. The molecule has 1 aromatic carbocycles. The van der Waals surface area contributed by atoms with Crippen LogP contribution in [0.3, 0.4) is 0 Å². The van der Waals surface area contributed by atoms with Gasteiger partial charge in [0, 0.05) is 36.5 Å². The molecule has 1 aliphatic heterocycles. The van der Waals surface area contributed by atoms with Crippen LogP contribution in [-0.2, 0) is 0 Å². The van der Waals surface area contributed by atoms with Crippen molar-refractivity contribution in [1.82, 2.24) is 0 Å². The Morgan fingerprint density at radius 2 is 1.79 bits per heavy atom. The molecular weight excluding hydrogens is 310 g/mol. The summed E-state index contributed by atoms with van der Waals surface area (Å²) in [6.45, 7) is 9.81. The van der Waals surface area contributed by atoms with Gasteiger partial charge in [-0.05, 0) is 73.9 Å². The van der Waals surface area contributed by atoms with E-state index in [1.807, 2.05) is 0 Å². The van der Waals surface area contributed by atoms with Crippen molar-refractivity contribution in [2.45, 2.75) is 69.9 Å². The van der Waals surface area contributed by atoms with E-state index >= 15 is 0 Å². The number of hydrogen-bond acceptors (Lipinski definition) is 3. The lowest BCUT2D eigenvalue weighted by Gasteiger charge is -2.57.